The summed E-state index contributed by atoms with van der Waals surface area (Å²) in [7, 11) is 0. The van der Waals surface area contributed by atoms with Crippen LogP contribution in [0.2, 0.25) is 0 Å². The average Bonchev–Trinajstić information content (AvgIpc) is 2.39. The Morgan fingerprint density at radius 1 is 1.47 bits per heavy atom. The first-order valence-electron chi connectivity index (χ1n) is 5.76. The molecule has 0 unspecified atom stereocenters. The summed E-state index contributed by atoms with van der Waals surface area (Å²) in [6, 6.07) is 6.10. The normalized spacial score (nSPS) is 14.3. The number of nitrogens with zero attached hydrogens (tertiary/aromatic N) is 1. The number of amides is 1. The molecule has 4 N–H and O–H groups in total. The van der Waals surface area contributed by atoms with E-state index in [9.17, 15) is 9.18 Å². The quantitative estimate of drug-likeness (QED) is 0.723. The van der Waals surface area contributed by atoms with Gasteiger partial charge in [0.25, 0.3) is 0 Å². The summed E-state index contributed by atoms with van der Waals surface area (Å²) < 4.78 is 12.9. The fourth-order valence-electron chi connectivity index (χ4n) is 1.52. The highest BCUT2D eigenvalue weighted by molar-refractivity contribution is 5.95. The number of aliphatic hydroxyl groups excluding tert-OH is 1. The molecule has 0 radical (unpaired) electrons. The first-order valence-corrected chi connectivity index (χ1v) is 5.76. The zero-order chi connectivity index (χ0) is 13.4. The Kier molecular flexibility index (Phi) is 9.07. The largest absolute Gasteiger partial charge is 0.395 e. The lowest BCUT2D eigenvalue weighted by Gasteiger charge is -2.27. The van der Waals surface area contributed by atoms with Crippen LogP contribution in [0, 0.1) is 5.82 Å². The molecule has 0 bridgehead atoms. The molecule has 1 amide bonds. The Bertz CT molecular complexity index is 391. The molecule has 1 saturated heterocycles. The summed E-state index contributed by atoms with van der Waals surface area (Å²) in [4.78, 5) is 13.0. The second-order valence-corrected chi connectivity index (χ2v) is 3.71. The molecule has 1 aromatic rings. The highest BCUT2D eigenvalue weighted by atomic mass is 35.5. The van der Waals surface area contributed by atoms with Crippen LogP contribution in [0.15, 0.2) is 24.3 Å². The number of anilines is 1. The lowest BCUT2D eigenvalue weighted by atomic mass is 10.2. The van der Waals surface area contributed by atoms with Crippen molar-refractivity contribution in [1.82, 2.24) is 5.32 Å². The summed E-state index contributed by atoms with van der Waals surface area (Å²) in [5.74, 6) is -0.323. The molecule has 1 aliphatic heterocycles. The van der Waals surface area contributed by atoms with E-state index in [1.807, 2.05) is 0 Å². The molecule has 0 aliphatic carbocycles. The molecule has 0 aromatic heterocycles. The Labute approximate surface area is 118 Å². The van der Waals surface area contributed by atoms with E-state index in [0.717, 1.165) is 6.54 Å². The van der Waals surface area contributed by atoms with Gasteiger partial charge in [-0.1, -0.05) is 6.07 Å². The van der Waals surface area contributed by atoms with Crippen LogP contribution in [-0.4, -0.2) is 43.8 Å². The van der Waals surface area contributed by atoms with E-state index in [4.69, 9.17) is 10.8 Å². The third-order valence-electron chi connectivity index (χ3n) is 2.34. The van der Waals surface area contributed by atoms with Crippen molar-refractivity contribution in [2.45, 2.75) is 0 Å². The van der Waals surface area contributed by atoms with Gasteiger partial charge in [0.15, 0.2) is 0 Å². The predicted octanol–water partition coefficient (Wildman–Crippen LogP) is 0.121. The fourth-order valence-corrected chi connectivity index (χ4v) is 1.52. The van der Waals surface area contributed by atoms with Gasteiger partial charge in [0.05, 0.1) is 13.2 Å². The van der Waals surface area contributed by atoms with Crippen molar-refractivity contribution in [2.24, 2.45) is 5.73 Å². The molecular formula is C12H19ClFN3O2. The molecule has 19 heavy (non-hydrogen) atoms. The molecule has 1 fully saturated rings. The van der Waals surface area contributed by atoms with E-state index in [2.05, 4.69) is 5.32 Å². The fraction of sp³-hybridized carbons (Fsp3) is 0.417. The van der Waals surface area contributed by atoms with Gasteiger partial charge in [0, 0.05) is 25.3 Å². The molecule has 2 rings (SSSR count). The maximum atomic E-state index is 12.9. The van der Waals surface area contributed by atoms with Gasteiger partial charge in [0.1, 0.15) is 5.82 Å². The van der Waals surface area contributed by atoms with E-state index < -0.39 is 0 Å². The summed E-state index contributed by atoms with van der Waals surface area (Å²) >= 11 is 0. The molecule has 1 heterocycles. The van der Waals surface area contributed by atoms with Crippen molar-refractivity contribution in [3.63, 3.8) is 0 Å². The molecule has 5 nitrogen and oxygen atoms in total. The Morgan fingerprint density at radius 2 is 2.16 bits per heavy atom. The molecule has 0 spiro atoms. The molecule has 0 saturated carbocycles. The number of nitrogens with one attached hydrogen (secondary N) is 1. The molecule has 108 valence electrons. The Morgan fingerprint density at radius 3 is 2.68 bits per heavy atom. The van der Waals surface area contributed by atoms with Gasteiger partial charge in [-0.3, -0.25) is 4.79 Å². The van der Waals surface area contributed by atoms with Crippen molar-refractivity contribution in [3.05, 3.63) is 30.1 Å². The monoisotopic (exact) mass is 291 g/mol. The number of rotatable bonds is 2. The summed E-state index contributed by atoms with van der Waals surface area (Å²) in [6.45, 7) is 2.15. The number of benzene rings is 1. The summed E-state index contributed by atoms with van der Waals surface area (Å²) in [6.07, 6.45) is 0. The van der Waals surface area contributed by atoms with Gasteiger partial charge < -0.3 is 21.1 Å². The van der Waals surface area contributed by atoms with E-state index in [1.54, 1.807) is 17.0 Å². The third kappa shape index (κ3) is 5.98. The van der Waals surface area contributed by atoms with Gasteiger partial charge in [-0.05, 0) is 18.2 Å². The second-order valence-electron chi connectivity index (χ2n) is 3.71. The number of carbonyl (C=O) groups excluding carboxylic acids is 1. The van der Waals surface area contributed by atoms with Crippen LogP contribution in [0.1, 0.15) is 0 Å². The van der Waals surface area contributed by atoms with Gasteiger partial charge >= 0.3 is 0 Å². The second kappa shape index (κ2) is 9.69. The van der Waals surface area contributed by atoms with Crippen LogP contribution in [-0.2, 0) is 4.79 Å². The zero-order valence-corrected chi connectivity index (χ0v) is 11.3. The molecule has 1 aliphatic rings. The Hall–Kier alpha value is -1.21. The average molecular weight is 292 g/mol. The first kappa shape index (κ1) is 17.8. The van der Waals surface area contributed by atoms with Crippen molar-refractivity contribution in [2.75, 3.05) is 37.7 Å². The van der Waals surface area contributed by atoms with Gasteiger partial charge in [-0.15, -0.1) is 12.4 Å². The van der Waals surface area contributed by atoms with Crippen molar-refractivity contribution < 1.29 is 14.3 Å². The van der Waals surface area contributed by atoms with E-state index in [0.29, 0.717) is 25.3 Å². The minimum absolute atomic E-state index is 0. The first-order chi connectivity index (χ1) is 8.69. The minimum Gasteiger partial charge on any atom is -0.395 e. The highest BCUT2D eigenvalue weighted by Gasteiger charge is 2.18. The van der Waals surface area contributed by atoms with Gasteiger partial charge in [-0.25, -0.2) is 4.39 Å². The molecule has 1 aromatic carbocycles. The smallest absolute Gasteiger partial charge is 0.240 e. The molecular weight excluding hydrogens is 273 g/mol. The Balaban J connectivity index is 0.000000576. The number of hydrogen-bond acceptors (Lipinski definition) is 4. The standard InChI is InChI=1S/C10H11FN2O.C2H7NO.ClH/c11-8-2-1-3-9(6-8)13-5-4-12-7-10(13)14;3-1-2-4;/h1-3,6,12H,4-5,7H2;4H,1-3H2;1H. The lowest BCUT2D eigenvalue weighted by molar-refractivity contribution is -0.118. The maximum absolute atomic E-state index is 12.9. The predicted molar refractivity (Wildman–Crippen MR) is 75.0 cm³/mol. The number of aliphatic hydroxyl groups is 1. The lowest BCUT2D eigenvalue weighted by Crippen LogP contribution is -2.48. The van der Waals surface area contributed by atoms with Crippen LogP contribution >= 0.6 is 12.4 Å². The van der Waals surface area contributed by atoms with E-state index in [1.165, 1.54) is 12.1 Å². The van der Waals surface area contributed by atoms with Crippen LogP contribution < -0.4 is 16.0 Å². The zero-order valence-electron chi connectivity index (χ0n) is 10.5. The van der Waals surface area contributed by atoms with Crippen LogP contribution in [0.5, 0.6) is 0 Å². The van der Waals surface area contributed by atoms with Crippen molar-refractivity contribution >= 4 is 24.0 Å². The van der Waals surface area contributed by atoms with Crippen molar-refractivity contribution in [1.29, 1.82) is 0 Å². The molecule has 0 atom stereocenters. The summed E-state index contributed by atoms with van der Waals surface area (Å²) in [5.41, 5.74) is 5.41. The number of nitrogens with two attached hydrogens (primary N) is 1. The molecule has 7 heteroatoms. The number of hydrogen-bond donors (Lipinski definition) is 3. The summed E-state index contributed by atoms with van der Waals surface area (Å²) in [5, 5.41) is 10.7. The topological polar surface area (TPSA) is 78.6 Å². The van der Waals surface area contributed by atoms with Gasteiger partial charge in [-0.2, -0.15) is 0 Å². The SMILES string of the molecule is Cl.NCCO.O=C1CNCCN1c1cccc(F)c1. The van der Waals surface area contributed by atoms with E-state index >= 15 is 0 Å². The van der Waals surface area contributed by atoms with Gasteiger partial charge in [0.2, 0.25) is 5.91 Å². The maximum Gasteiger partial charge on any atom is 0.240 e. The number of piperazine rings is 1. The number of halogens is 2. The van der Waals surface area contributed by atoms with Crippen LogP contribution in [0.3, 0.4) is 0 Å². The van der Waals surface area contributed by atoms with Crippen molar-refractivity contribution in [3.8, 4) is 0 Å². The van der Waals surface area contributed by atoms with E-state index in [-0.39, 0.29) is 30.7 Å². The third-order valence-corrected chi connectivity index (χ3v) is 2.34. The highest BCUT2D eigenvalue weighted by Crippen LogP contribution is 2.16. The van der Waals surface area contributed by atoms with Crippen LogP contribution in [0.25, 0.3) is 0 Å². The number of carbonyl (C=O) groups is 1. The van der Waals surface area contributed by atoms with Crippen LogP contribution in [0.4, 0.5) is 10.1 Å². The minimum atomic E-state index is -0.311.